The minimum atomic E-state index is 0.137. The first-order valence-electron chi connectivity index (χ1n) is 5.59. The molecule has 1 aromatic carbocycles. The summed E-state index contributed by atoms with van der Waals surface area (Å²) in [6, 6.07) is 6.40. The Labute approximate surface area is 96.5 Å². The number of para-hydroxylation sites is 1. The molecule has 0 saturated carbocycles. The van der Waals surface area contributed by atoms with E-state index in [0.29, 0.717) is 0 Å². The van der Waals surface area contributed by atoms with E-state index in [1.165, 1.54) is 16.5 Å². The van der Waals surface area contributed by atoms with Gasteiger partial charge in [-0.15, -0.1) is 0 Å². The second kappa shape index (κ2) is 3.51. The Bertz CT molecular complexity index is 518. The average molecular weight is 217 g/mol. The average Bonchev–Trinajstić information content (AvgIpc) is 2.54. The first kappa shape index (κ1) is 11.0. The van der Waals surface area contributed by atoms with Crippen molar-refractivity contribution >= 4 is 16.7 Å². The van der Waals surface area contributed by atoms with E-state index >= 15 is 0 Å². The smallest absolute Gasteiger partial charge is 0.155 e. The van der Waals surface area contributed by atoms with Crippen LogP contribution in [0.25, 0.3) is 10.9 Å². The highest BCUT2D eigenvalue weighted by Gasteiger charge is 2.20. The molecule has 0 fully saturated rings. The Morgan fingerprint density at radius 3 is 2.50 bits per heavy atom. The summed E-state index contributed by atoms with van der Waals surface area (Å²) >= 11 is 0. The number of hydrogen-bond donors (Lipinski definition) is 1. The standard InChI is InChI=1S/C13H19N3/c1-13(2,3)10-8-6-7-9-11(10)16(5)15-12(9)14-4/h6-8H,1-5H3,(H,14,15). The zero-order valence-electron chi connectivity index (χ0n) is 10.6. The first-order chi connectivity index (χ1) is 7.45. The molecule has 2 aromatic rings. The maximum Gasteiger partial charge on any atom is 0.155 e. The van der Waals surface area contributed by atoms with E-state index in [0.717, 1.165) is 5.82 Å². The Hall–Kier alpha value is -1.51. The third-order valence-corrected chi connectivity index (χ3v) is 2.91. The molecule has 0 aliphatic heterocycles. The van der Waals surface area contributed by atoms with Crippen LogP contribution < -0.4 is 5.32 Å². The zero-order chi connectivity index (χ0) is 11.9. The number of nitrogens with zero attached hydrogens (tertiary/aromatic N) is 2. The van der Waals surface area contributed by atoms with E-state index in [2.05, 4.69) is 49.4 Å². The highest BCUT2D eigenvalue weighted by molar-refractivity contribution is 5.92. The molecule has 0 bridgehead atoms. The lowest BCUT2D eigenvalue weighted by atomic mass is 9.85. The SMILES string of the molecule is CNc1nn(C)c2c(C(C)(C)C)cccc12. The lowest BCUT2D eigenvalue weighted by Crippen LogP contribution is -2.12. The van der Waals surface area contributed by atoms with Gasteiger partial charge in [0.25, 0.3) is 0 Å². The summed E-state index contributed by atoms with van der Waals surface area (Å²) in [5, 5.41) is 8.82. The van der Waals surface area contributed by atoms with E-state index in [4.69, 9.17) is 0 Å². The normalized spacial score (nSPS) is 12.1. The molecule has 2 rings (SSSR count). The topological polar surface area (TPSA) is 29.9 Å². The minimum absolute atomic E-state index is 0.137. The Morgan fingerprint density at radius 1 is 1.25 bits per heavy atom. The maximum atomic E-state index is 4.49. The second-order valence-corrected chi connectivity index (χ2v) is 5.17. The molecule has 0 saturated heterocycles. The first-order valence-corrected chi connectivity index (χ1v) is 5.59. The van der Waals surface area contributed by atoms with Gasteiger partial charge in [0.2, 0.25) is 0 Å². The second-order valence-electron chi connectivity index (χ2n) is 5.17. The van der Waals surface area contributed by atoms with Crippen molar-refractivity contribution in [1.82, 2.24) is 9.78 Å². The van der Waals surface area contributed by atoms with Gasteiger partial charge in [-0.05, 0) is 17.0 Å². The molecule has 1 heterocycles. The van der Waals surface area contributed by atoms with Crippen LogP contribution in [-0.2, 0) is 12.5 Å². The van der Waals surface area contributed by atoms with E-state index in [9.17, 15) is 0 Å². The van der Waals surface area contributed by atoms with Gasteiger partial charge in [0.1, 0.15) is 0 Å². The molecule has 1 N–H and O–H groups in total. The Kier molecular flexibility index (Phi) is 2.41. The molecule has 0 atom stereocenters. The quantitative estimate of drug-likeness (QED) is 0.796. The van der Waals surface area contributed by atoms with Crippen LogP contribution in [0.1, 0.15) is 26.3 Å². The lowest BCUT2D eigenvalue weighted by Gasteiger charge is -2.20. The zero-order valence-corrected chi connectivity index (χ0v) is 10.6. The maximum absolute atomic E-state index is 4.49. The molecule has 0 aliphatic rings. The van der Waals surface area contributed by atoms with Gasteiger partial charge in [-0.2, -0.15) is 5.10 Å². The van der Waals surface area contributed by atoms with Crippen molar-refractivity contribution in [3.63, 3.8) is 0 Å². The molecular formula is C13H19N3. The van der Waals surface area contributed by atoms with Gasteiger partial charge in [0, 0.05) is 19.5 Å². The van der Waals surface area contributed by atoms with Crippen molar-refractivity contribution in [2.45, 2.75) is 26.2 Å². The molecule has 86 valence electrons. The summed E-state index contributed by atoms with van der Waals surface area (Å²) in [6.07, 6.45) is 0. The van der Waals surface area contributed by atoms with Gasteiger partial charge in [0.05, 0.1) is 5.52 Å². The summed E-state index contributed by atoms with van der Waals surface area (Å²) in [5.74, 6) is 0.948. The minimum Gasteiger partial charge on any atom is -0.371 e. The van der Waals surface area contributed by atoms with Crippen molar-refractivity contribution in [2.24, 2.45) is 7.05 Å². The van der Waals surface area contributed by atoms with Crippen LogP contribution in [0.15, 0.2) is 18.2 Å². The van der Waals surface area contributed by atoms with Crippen LogP contribution in [0.4, 0.5) is 5.82 Å². The predicted octanol–water partition coefficient (Wildman–Crippen LogP) is 2.91. The third-order valence-electron chi connectivity index (χ3n) is 2.91. The third kappa shape index (κ3) is 1.56. The lowest BCUT2D eigenvalue weighted by molar-refractivity contribution is 0.590. The fourth-order valence-electron chi connectivity index (χ4n) is 2.13. The molecule has 0 radical (unpaired) electrons. The van der Waals surface area contributed by atoms with Crippen LogP contribution in [-0.4, -0.2) is 16.8 Å². The van der Waals surface area contributed by atoms with Crippen molar-refractivity contribution in [3.05, 3.63) is 23.8 Å². The molecule has 0 aliphatic carbocycles. The van der Waals surface area contributed by atoms with E-state index in [-0.39, 0.29) is 5.41 Å². The van der Waals surface area contributed by atoms with E-state index in [1.54, 1.807) is 0 Å². The van der Waals surface area contributed by atoms with Crippen molar-refractivity contribution < 1.29 is 0 Å². The fourth-order valence-corrected chi connectivity index (χ4v) is 2.13. The highest BCUT2D eigenvalue weighted by atomic mass is 15.3. The molecule has 0 spiro atoms. The number of hydrogen-bond acceptors (Lipinski definition) is 2. The number of rotatable bonds is 1. The predicted molar refractivity (Wildman–Crippen MR) is 69.0 cm³/mol. The van der Waals surface area contributed by atoms with Gasteiger partial charge >= 0.3 is 0 Å². The largest absolute Gasteiger partial charge is 0.371 e. The number of aromatic nitrogens is 2. The van der Waals surface area contributed by atoms with Crippen molar-refractivity contribution in [1.29, 1.82) is 0 Å². The number of benzene rings is 1. The molecular weight excluding hydrogens is 198 g/mol. The van der Waals surface area contributed by atoms with Gasteiger partial charge in [-0.3, -0.25) is 4.68 Å². The van der Waals surface area contributed by atoms with Gasteiger partial charge < -0.3 is 5.32 Å². The van der Waals surface area contributed by atoms with Crippen LogP contribution >= 0.6 is 0 Å². The summed E-state index contributed by atoms with van der Waals surface area (Å²) in [7, 11) is 3.91. The summed E-state index contributed by atoms with van der Waals surface area (Å²) < 4.78 is 1.96. The number of fused-ring (bicyclic) bond motifs is 1. The van der Waals surface area contributed by atoms with E-state index in [1.807, 2.05) is 18.8 Å². The van der Waals surface area contributed by atoms with Crippen LogP contribution in [0, 0.1) is 0 Å². The van der Waals surface area contributed by atoms with Crippen LogP contribution in [0.2, 0.25) is 0 Å². The Balaban J connectivity index is 2.83. The number of anilines is 1. The molecule has 0 unspecified atom stereocenters. The molecule has 3 heteroatoms. The monoisotopic (exact) mass is 217 g/mol. The molecule has 1 aromatic heterocycles. The molecule has 0 amide bonds. The summed E-state index contributed by atoms with van der Waals surface area (Å²) in [4.78, 5) is 0. The van der Waals surface area contributed by atoms with E-state index < -0.39 is 0 Å². The van der Waals surface area contributed by atoms with Crippen LogP contribution in [0.3, 0.4) is 0 Å². The highest BCUT2D eigenvalue weighted by Crippen LogP contribution is 2.32. The Morgan fingerprint density at radius 2 is 1.94 bits per heavy atom. The van der Waals surface area contributed by atoms with Gasteiger partial charge in [0.15, 0.2) is 5.82 Å². The number of aryl methyl sites for hydroxylation is 1. The number of nitrogens with one attached hydrogen (secondary N) is 1. The molecule has 16 heavy (non-hydrogen) atoms. The fraction of sp³-hybridized carbons (Fsp3) is 0.462. The summed E-state index contributed by atoms with van der Waals surface area (Å²) in [6.45, 7) is 6.69. The van der Waals surface area contributed by atoms with Gasteiger partial charge in [-0.1, -0.05) is 32.9 Å². The van der Waals surface area contributed by atoms with Crippen molar-refractivity contribution in [2.75, 3.05) is 12.4 Å². The molecule has 3 nitrogen and oxygen atoms in total. The van der Waals surface area contributed by atoms with Crippen molar-refractivity contribution in [3.8, 4) is 0 Å². The van der Waals surface area contributed by atoms with Gasteiger partial charge in [-0.25, -0.2) is 0 Å². The van der Waals surface area contributed by atoms with Crippen LogP contribution in [0.5, 0.6) is 0 Å². The summed E-state index contributed by atoms with van der Waals surface area (Å²) in [5.41, 5.74) is 2.69.